The van der Waals surface area contributed by atoms with E-state index in [1.807, 2.05) is 25.1 Å². The van der Waals surface area contributed by atoms with Gasteiger partial charge in [0.2, 0.25) is 0 Å². The van der Waals surface area contributed by atoms with Gasteiger partial charge in [-0.2, -0.15) is 0 Å². The maximum Gasteiger partial charge on any atom is 0.169 e. The fourth-order valence-electron chi connectivity index (χ4n) is 2.09. The minimum Gasteiger partial charge on any atom is -0.493 e. The number of benzene rings is 2. The summed E-state index contributed by atoms with van der Waals surface area (Å²) in [6, 6.07) is 8.41. The molecular weight excluding hydrogens is 269 g/mol. The number of nitrogens with two attached hydrogens (primary N) is 1. The zero-order valence-electron chi connectivity index (χ0n) is 12.7. The van der Waals surface area contributed by atoms with Gasteiger partial charge in [0.05, 0.1) is 7.11 Å². The molecule has 2 N–H and O–H groups in total. The molecule has 1 atom stereocenters. The van der Waals surface area contributed by atoms with Crippen LogP contribution in [0, 0.1) is 19.7 Å². The third kappa shape index (κ3) is 3.34. The predicted octanol–water partition coefficient (Wildman–Crippen LogP) is 4.26. The van der Waals surface area contributed by atoms with Crippen LogP contribution in [0.1, 0.15) is 29.7 Å². The van der Waals surface area contributed by atoms with Crippen molar-refractivity contribution < 1.29 is 13.9 Å². The summed E-state index contributed by atoms with van der Waals surface area (Å²) in [4.78, 5) is 0. The van der Waals surface area contributed by atoms with E-state index in [1.54, 1.807) is 27.0 Å². The number of aryl methyl sites for hydroxylation is 2. The van der Waals surface area contributed by atoms with Gasteiger partial charge in [-0.1, -0.05) is 6.07 Å². The third-order valence-electron chi connectivity index (χ3n) is 3.32. The Labute approximate surface area is 124 Å². The summed E-state index contributed by atoms with van der Waals surface area (Å²) in [7, 11) is 1.59. The van der Waals surface area contributed by atoms with Crippen LogP contribution in [-0.2, 0) is 0 Å². The number of hydrogen-bond donors (Lipinski definition) is 1. The molecule has 21 heavy (non-hydrogen) atoms. The second kappa shape index (κ2) is 6.14. The van der Waals surface area contributed by atoms with Gasteiger partial charge < -0.3 is 15.2 Å². The van der Waals surface area contributed by atoms with Gasteiger partial charge in [-0.25, -0.2) is 4.39 Å². The molecule has 0 aliphatic heterocycles. The molecule has 0 saturated heterocycles. The average Bonchev–Trinajstić information content (AvgIpc) is 2.44. The van der Waals surface area contributed by atoms with Crippen LogP contribution < -0.4 is 15.2 Å². The minimum atomic E-state index is -0.327. The summed E-state index contributed by atoms with van der Waals surface area (Å²) in [5, 5.41) is 0. The fraction of sp³-hybridized carbons (Fsp3) is 0.294. The van der Waals surface area contributed by atoms with Crippen molar-refractivity contribution in [1.82, 2.24) is 0 Å². The first-order valence-corrected chi connectivity index (χ1v) is 6.80. The lowest BCUT2D eigenvalue weighted by molar-refractivity contribution is 0.376. The lowest BCUT2D eigenvalue weighted by Crippen LogP contribution is -2.08. The second-order valence-corrected chi connectivity index (χ2v) is 5.18. The zero-order valence-corrected chi connectivity index (χ0v) is 12.7. The molecule has 2 aromatic rings. The summed E-state index contributed by atoms with van der Waals surface area (Å²) in [5.74, 6) is 1.47. The molecule has 112 valence electrons. The largest absolute Gasteiger partial charge is 0.493 e. The van der Waals surface area contributed by atoms with Crippen LogP contribution in [0.4, 0.5) is 4.39 Å². The van der Waals surface area contributed by atoms with Crippen LogP contribution in [0.3, 0.4) is 0 Å². The molecule has 0 spiro atoms. The topological polar surface area (TPSA) is 44.5 Å². The highest BCUT2D eigenvalue weighted by Crippen LogP contribution is 2.36. The van der Waals surface area contributed by atoms with Crippen molar-refractivity contribution in [3.8, 4) is 17.2 Å². The second-order valence-electron chi connectivity index (χ2n) is 5.18. The van der Waals surface area contributed by atoms with Crippen LogP contribution in [0.2, 0.25) is 0 Å². The van der Waals surface area contributed by atoms with Crippen molar-refractivity contribution in [2.45, 2.75) is 26.8 Å². The Morgan fingerprint density at radius 1 is 1.05 bits per heavy atom. The van der Waals surface area contributed by atoms with Gasteiger partial charge in [0.25, 0.3) is 0 Å². The molecule has 2 aromatic carbocycles. The van der Waals surface area contributed by atoms with E-state index in [2.05, 4.69) is 0 Å². The van der Waals surface area contributed by atoms with Gasteiger partial charge >= 0.3 is 0 Å². The van der Waals surface area contributed by atoms with E-state index in [0.717, 1.165) is 5.56 Å². The van der Waals surface area contributed by atoms with Crippen molar-refractivity contribution in [3.05, 3.63) is 52.8 Å². The van der Waals surface area contributed by atoms with E-state index >= 15 is 0 Å². The Balaban J connectivity index is 2.46. The van der Waals surface area contributed by atoms with Crippen LogP contribution in [0.15, 0.2) is 30.3 Å². The van der Waals surface area contributed by atoms with Gasteiger partial charge in [-0.3, -0.25) is 0 Å². The number of hydrogen-bond acceptors (Lipinski definition) is 3. The van der Waals surface area contributed by atoms with E-state index in [0.29, 0.717) is 28.4 Å². The summed E-state index contributed by atoms with van der Waals surface area (Å²) in [5.41, 5.74) is 8.12. The normalized spacial score (nSPS) is 12.1. The van der Waals surface area contributed by atoms with E-state index in [-0.39, 0.29) is 11.9 Å². The molecule has 0 aliphatic carbocycles. The number of ether oxygens (including phenoxy) is 2. The lowest BCUT2D eigenvalue weighted by atomic mass is 10.0. The number of halogens is 1. The van der Waals surface area contributed by atoms with E-state index in [1.165, 1.54) is 6.07 Å². The summed E-state index contributed by atoms with van der Waals surface area (Å²) >= 11 is 0. The molecular formula is C17H20FNO2. The van der Waals surface area contributed by atoms with Crippen LogP contribution in [-0.4, -0.2) is 7.11 Å². The van der Waals surface area contributed by atoms with Crippen LogP contribution >= 0.6 is 0 Å². The Morgan fingerprint density at radius 2 is 1.76 bits per heavy atom. The SMILES string of the molecule is COc1cc(C)ccc1Oc1cc(C)c(F)cc1C(C)N. The predicted molar refractivity (Wildman–Crippen MR) is 81.5 cm³/mol. The fourth-order valence-corrected chi connectivity index (χ4v) is 2.09. The Morgan fingerprint density at radius 3 is 2.38 bits per heavy atom. The molecule has 0 amide bonds. The molecule has 0 bridgehead atoms. The molecule has 0 radical (unpaired) electrons. The highest BCUT2D eigenvalue weighted by atomic mass is 19.1. The smallest absolute Gasteiger partial charge is 0.169 e. The summed E-state index contributed by atoms with van der Waals surface area (Å²) < 4.78 is 25.0. The van der Waals surface area contributed by atoms with Gasteiger partial charge in [0.1, 0.15) is 11.6 Å². The van der Waals surface area contributed by atoms with Crippen molar-refractivity contribution in [2.24, 2.45) is 5.73 Å². The molecule has 0 saturated carbocycles. The van der Waals surface area contributed by atoms with E-state index < -0.39 is 0 Å². The molecule has 3 nitrogen and oxygen atoms in total. The Kier molecular flexibility index (Phi) is 4.48. The number of rotatable bonds is 4. The maximum atomic E-state index is 13.7. The average molecular weight is 289 g/mol. The number of methoxy groups -OCH3 is 1. The first kappa shape index (κ1) is 15.3. The third-order valence-corrected chi connectivity index (χ3v) is 3.32. The van der Waals surface area contributed by atoms with Gasteiger partial charge in [-0.15, -0.1) is 0 Å². The van der Waals surface area contributed by atoms with Gasteiger partial charge in [0.15, 0.2) is 11.5 Å². The molecule has 0 aromatic heterocycles. The van der Waals surface area contributed by atoms with E-state index in [4.69, 9.17) is 15.2 Å². The maximum absolute atomic E-state index is 13.7. The van der Waals surface area contributed by atoms with Gasteiger partial charge in [0, 0.05) is 11.6 Å². The van der Waals surface area contributed by atoms with Crippen LogP contribution in [0.5, 0.6) is 17.2 Å². The quantitative estimate of drug-likeness (QED) is 0.914. The van der Waals surface area contributed by atoms with Crippen LogP contribution in [0.25, 0.3) is 0 Å². The highest BCUT2D eigenvalue weighted by molar-refractivity contribution is 5.48. The van der Waals surface area contributed by atoms with Crippen molar-refractivity contribution >= 4 is 0 Å². The van der Waals surface area contributed by atoms with Gasteiger partial charge in [-0.05, 0) is 56.2 Å². The molecule has 4 heteroatoms. The van der Waals surface area contributed by atoms with E-state index in [9.17, 15) is 4.39 Å². The Bertz CT molecular complexity index is 653. The molecule has 0 aliphatic rings. The zero-order chi connectivity index (χ0) is 15.6. The summed E-state index contributed by atoms with van der Waals surface area (Å²) in [6.07, 6.45) is 0. The molecule has 0 heterocycles. The standard InChI is InChI=1S/C17H20FNO2/c1-10-5-6-15(17(7-10)20-4)21-16-8-11(2)14(18)9-13(16)12(3)19/h5-9,12H,19H2,1-4H3. The monoisotopic (exact) mass is 289 g/mol. The minimum absolute atomic E-state index is 0.287. The molecule has 1 unspecified atom stereocenters. The highest BCUT2D eigenvalue weighted by Gasteiger charge is 2.14. The molecule has 2 rings (SSSR count). The van der Waals surface area contributed by atoms with Crippen molar-refractivity contribution in [1.29, 1.82) is 0 Å². The van der Waals surface area contributed by atoms with Crippen molar-refractivity contribution in [3.63, 3.8) is 0 Å². The molecule has 0 fully saturated rings. The first-order chi connectivity index (χ1) is 9.92. The Hall–Kier alpha value is -2.07. The lowest BCUT2D eigenvalue weighted by Gasteiger charge is -2.17. The first-order valence-electron chi connectivity index (χ1n) is 6.80. The van der Waals surface area contributed by atoms with Crippen molar-refractivity contribution in [2.75, 3.05) is 7.11 Å². The summed E-state index contributed by atoms with van der Waals surface area (Å²) in [6.45, 7) is 5.46.